The molecule has 0 N–H and O–H groups in total. The van der Waals surface area contributed by atoms with E-state index in [4.69, 9.17) is 4.74 Å². The van der Waals surface area contributed by atoms with Gasteiger partial charge < -0.3 is 4.74 Å². The van der Waals surface area contributed by atoms with Crippen LogP contribution >= 0.6 is 0 Å². The van der Waals surface area contributed by atoms with Gasteiger partial charge in [0.15, 0.2) is 0 Å². The summed E-state index contributed by atoms with van der Waals surface area (Å²) in [6, 6.07) is 8.69. The Morgan fingerprint density at radius 1 is 1.31 bits per heavy atom. The van der Waals surface area contributed by atoms with Crippen LogP contribution in [0.4, 0.5) is 0 Å². The monoisotopic (exact) mass is 174 g/mol. The zero-order valence-corrected chi connectivity index (χ0v) is 7.70. The minimum atomic E-state index is 0.491. The molecule has 1 unspecified atom stereocenters. The lowest BCUT2D eigenvalue weighted by atomic mass is 10.1. The summed E-state index contributed by atoms with van der Waals surface area (Å²) in [5, 5.41) is 0. The second-order valence-corrected chi connectivity index (χ2v) is 3.47. The van der Waals surface area contributed by atoms with Gasteiger partial charge in [-0.15, -0.1) is 6.58 Å². The molecule has 1 heteroatoms. The lowest BCUT2D eigenvalue weighted by Crippen LogP contribution is -1.92. The van der Waals surface area contributed by atoms with Crippen molar-refractivity contribution >= 4 is 0 Å². The number of benzene rings is 1. The Hall–Kier alpha value is -1.08. The van der Waals surface area contributed by atoms with Gasteiger partial charge in [-0.25, -0.2) is 0 Å². The number of ether oxygens (including phenoxy) is 1. The van der Waals surface area contributed by atoms with Crippen LogP contribution in [-0.2, 0) is 17.6 Å². The molecule has 0 radical (unpaired) electrons. The highest BCUT2D eigenvalue weighted by molar-refractivity contribution is 5.24. The molecule has 1 heterocycles. The maximum atomic E-state index is 5.17. The van der Waals surface area contributed by atoms with Gasteiger partial charge in [0.05, 0.1) is 12.7 Å². The number of rotatable bonds is 4. The van der Waals surface area contributed by atoms with Crippen LogP contribution in [0.25, 0.3) is 0 Å². The summed E-state index contributed by atoms with van der Waals surface area (Å²) in [5.41, 5.74) is 2.70. The van der Waals surface area contributed by atoms with Crippen LogP contribution in [-0.4, -0.2) is 12.7 Å². The Balaban J connectivity index is 1.99. The van der Waals surface area contributed by atoms with Crippen molar-refractivity contribution in [1.29, 1.82) is 0 Å². The molecule has 0 amide bonds. The summed E-state index contributed by atoms with van der Waals surface area (Å²) in [4.78, 5) is 0. The molecule has 0 bridgehead atoms. The van der Waals surface area contributed by atoms with Gasteiger partial charge in [-0.05, 0) is 17.5 Å². The largest absolute Gasteiger partial charge is 0.373 e. The first kappa shape index (κ1) is 8.52. The summed E-state index contributed by atoms with van der Waals surface area (Å²) in [5.74, 6) is 0. The topological polar surface area (TPSA) is 12.5 Å². The van der Waals surface area contributed by atoms with Crippen LogP contribution in [0.5, 0.6) is 0 Å². The molecular formula is C12H14O. The van der Waals surface area contributed by atoms with Crippen LogP contribution in [0.3, 0.4) is 0 Å². The third kappa shape index (κ3) is 2.43. The molecular weight excluding hydrogens is 160 g/mol. The number of hydrogen-bond acceptors (Lipinski definition) is 1. The molecule has 68 valence electrons. The fraction of sp³-hybridized carbons (Fsp3) is 0.333. The Labute approximate surface area is 79.0 Å². The van der Waals surface area contributed by atoms with Crippen LogP contribution in [0.15, 0.2) is 36.9 Å². The SMILES string of the molecule is C=CCc1ccc(CC2CO2)cc1. The minimum absolute atomic E-state index is 0.491. The lowest BCUT2D eigenvalue weighted by molar-refractivity contribution is 0.407. The van der Waals surface area contributed by atoms with E-state index in [1.807, 2.05) is 6.08 Å². The first-order chi connectivity index (χ1) is 6.38. The average Bonchev–Trinajstić information content (AvgIpc) is 2.93. The van der Waals surface area contributed by atoms with Gasteiger partial charge in [0.25, 0.3) is 0 Å². The molecule has 1 saturated heterocycles. The molecule has 0 saturated carbocycles. The van der Waals surface area contributed by atoms with Gasteiger partial charge in [0, 0.05) is 6.42 Å². The summed E-state index contributed by atoms with van der Waals surface area (Å²) in [7, 11) is 0. The van der Waals surface area contributed by atoms with E-state index < -0.39 is 0 Å². The van der Waals surface area contributed by atoms with Gasteiger partial charge in [0.2, 0.25) is 0 Å². The van der Waals surface area contributed by atoms with E-state index in [9.17, 15) is 0 Å². The van der Waals surface area contributed by atoms with Crippen molar-refractivity contribution in [3.8, 4) is 0 Å². The predicted octanol–water partition coefficient (Wildman–Crippen LogP) is 2.36. The lowest BCUT2D eigenvalue weighted by Gasteiger charge is -1.99. The molecule has 1 aliphatic heterocycles. The third-order valence-electron chi connectivity index (χ3n) is 2.27. The number of epoxide rings is 1. The Bertz CT molecular complexity index is 282. The number of hydrogen-bond donors (Lipinski definition) is 0. The zero-order chi connectivity index (χ0) is 9.10. The predicted molar refractivity (Wildman–Crippen MR) is 53.8 cm³/mol. The van der Waals surface area contributed by atoms with Crippen molar-refractivity contribution in [2.24, 2.45) is 0 Å². The smallest absolute Gasteiger partial charge is 0.0850 e. The van der Waals surface area contributed by atoms with E-state index in [-0.39, 0.29) is 0 Å². The normalized spacial score (nSPS) is 19.8. The van der Waals surface area contributed by atoms with Crippen LogP contribution < -0.4 is 0 Å². The van der Waals surface area contributed by atoms with Crippen molar-refractivity contribution in [2.75, 3.05) is 6.61 Å². The van der Waals surface area contributed by atoms with Crippen molar-refractivity contribution in [2.45, 2.75) is 18.9 Å². The van der Waals surface area contributed by atoms with E-state index in [2.05, 4.69) is 30.8 Å². The van der Waals surface area contributed by atoms with E-state index in [0.29, 0.717) is 6.10 Å². The van der Waals surface area contributed by atoms with E-state index in [0.717, 1.165) is 19.4 Å². The van der Waals surface area contributed by atoms with E-state index in [1.165, 1.54) is 11.1 Å². The average molecular weight is 174 g/mol. The third-order valence-corrected chi connectivity index (χ3v) is 2.27. The quantitative estimate of drug-likeness (QED) is 0.504. The van der Waals surface area contributed by atoms with E-state index in [1.54, 1.807) is 0 Å². The van der Waals surface area contributed by atoms with Gasteiger partial charge in [-0.1, -0.05) is 30.3 Å². The molecule has 1 fully saturated rings. The molecule has 0 aliphatic carbocycles. The summed E-state index contributed by atoms with van der Waals surface area (Å²) in [6.45, 7) is 4.66. The molecule has 1 aromatic rings. The fourth-order valence-electron chi connectivity index (χ4n) is 1.43. The van der Waals surface area contributed by atoms with Gasteiger partial charge in [-0.2, -0.15) is 0 Å². The molecule has 1 atom stereocenters. The van der Waals surface area contributed by atoms with Crippen LogP contribution in [0, 0.1) is 0 Å². The van der Waals surface area contributed by atoms with Crippen LogP contribution in [0.2, 0.25) is 0 Å². The highest BCUT2D eigenvalue weighted by Crippen LogP contribution is 2.16. The maximum Gasteiger partial charge on any atom is 0.0850 e. The summed E-state index contributed by atoms with van der Waals surface area (Å²) >= 11 is 0. The van der Waals surface area contributed by atoms with Crippen molar-refractivity contribution in [3.63, 3.8) is 0 Å². The first-order valence-electron chi connectivity index (χ1n) is 4.69. The Morgan fingerprint density at radius 2 is 1.92 bits per heavy atom. The molecule has 1 nitrogen and oxygen atoms in total. The van der Waals surface area contributed by atoms with Gasteiger partial charge in [-0.3, -0.25) is 0 Å². The summed E-state index contributed by atoms with van der Waals surface area (Å²) in [6.07, 6.45) is 4.44. The fourth-order valence-corrected chi connectivity index (χ4v) is 1.43. The second-order valence-electron chi connectivity index (χ2n) is 3.47. The van der Waals surface area contributed by atoms with Crippen molar-refractivity contribution < 1.29 is 4.74 Å². The molecule has 0 spiro atoms. The minimum Gasteiger partial charge on any atom is -0.373 e. The molecule has 1 aliphatic rings. The maximum absolute atomic E-state index is 5.17. The zero-order valence-electron chi connectivity index (χ0n) is 7.70. The standard InChI is InChI=1S/C12H14O/c1-2-3-10-4-6-11(7-5-10)8-12-9-13-12/h2,4-7,12H,1,3,8-9H2. The molecule has 1 aromatic carbocycles. The second kappa shape index (κ2) is 3.75. The highest BCUT2D eigenvalue weighted by atomic mass is 16.6. The molecule has 13 heavy (non-hydrogen) atoms. The molecule has 2 rings (SSSR count). The summed E-state index contributed by atoms with van der Waals surface area (Å²) < 4.78 is 5.17. The van der Waals surface area contributed by atoms with Crippen molar-refractivity contribution in [1.82, 2.24) is 0 Å². The Kier molecular flexibility index (Phi) is 2.46. The first-order valence-corrected chi connectivity index (χ1v) is 4.69. The highest BCUT2D eigenvalue weighted by Gasteiger charge is 2.22. The molecule has 0 aromatic heterocycles. The van der Waals surface area contributed by atoms with E-state index >= 15 is 0 Å². The Morgan fingerprint density at radius 3 is 2.46 bits per heavy atom. The van der Waals surface area contributed by atoms with Gasteiger partial charge >= 0.3 is 0 Å². The van der Waals surface area contributed by atoms with Gasteiger partial charge in [0.1, 0.15) is 0 Å². The van der Waals surface area contributed by atoms with Crippen LogP contribution in [0.1, 0.15) is 11.1 Å². The number of allylic oxidation sites excluding steroid dienone is 1. The van der Waals surface area contributed by atoms with Crippen molar-refractivity contribution in [3.05, 3.63) is 48.0 Å².